The molecule has 1 fully saturated rings. The Balaban J connectivity index is 1.49. The van der Waals surface area contributed by atoms with Crippen molar-refractivity contribution in [2.45, 2.75) is 23.6 Å². The average molecular weight is 372 g/mol. The molecular weight excluding hydrogens is 347 g/mol. The second-order valence-corrected chi connectivity index (χ2v) is 7.79. The van der Waals surface area contributed by atoms with Gasteiger partial charge in [0.2, 0.25) is 5.91 Å². The first kappa shape index (κ1) is 18.0. The summed E-state index contributed by atoms with van der Waals surface area (Å²) in [7, 11) is 0. The van der Waals surface area contributed by atoms with Crippen LogP contribution in [0.15, 0.2) is 24.3 Å². The number of hydrogen-bond donors (Lipinski definition) is 2. The van der Waals surface area contributed by atoms with Crippen molar-refractivity contribution in [3.8, 4) is 0 Å². The number of benzene rings is 1. The maximum atomic E-state index is 12.6. The number of fused-ring (bicyclic) bond motifs is 1. The number of nitrogens with one attached hydrogen (secondary N) is 2. The Morgan fingerprint density at radius 1 is 1.29 bits per heavy atom. The largest absolute Gasteiger partial charge is 0.370 e. The molecule has 4 nitrogen and oxygen atoms in total. The van der Waals surface area contributed by atoms with Gasteiger partial charge in [0.25, 0.3) is 0 Å². The van der Waals surface area contributed by atoms with Crippen molar-refractivity contribution in [1.29, 1.82) is 0 Å². The first-order valence-electron chi connectivity index (χ1n) is 8.72. The number of hydrogen-bond acceptors (Lipinski definition) is 2. The predicted molar refractivity (Wildman–Crippen MR) is 95.9 cm³/mol. The summed E-state index contributed by atoms with van der Waals surface area (Å²) in [5.74, 6) is -0.216. The van der Waals surface area contributed by atoms with Gasteiger partial charge in [-0.3, -0.25) is 4.79 Å². The SMILES string of the molecule is O=C(NCCC[NH+]1CCOCC1)[C@H]1Cc2ccccc2[C@H]1C(Cl)Cl. The second-order valence-electron chi connectivity index (χ2n) is 6.63. The molecule has 2 atom stereocenters. The van der Waals surface area contributed by atoms with E-state index in [1.165, 1.54) is 5.56 Å². The van der Waals surface area contributed by atoms with Crippen LogP contribution in [0.2, 0.25) is 0 Å². The molecule has 0 spiro atoms. The third kappa shape index (κ3) is 4.23. The van der Waals surface area contributed by atoms with Gasteiger partial charge < -0.3 is 15.0 Å². The standard InChI is InChI=1S/C18H24Cl2N2O2/c19-17(20)16-14-5-2-1-4-13(14)12-15(16)18(23)21-6-3-7-22-8-10-24-11-9-22/h1-2,4-5,15-17H,3,6-12H2,(H,21,23)/p+1/t15-,16+/m0/s1. The van der Waals surface area contributed by atoms with Gasteiger partial charge in [-0.2, -0.15) is 0 Å². The van der Waals surface area contributed by atoms with Crippen LogP contribution in [0.1, 0.15) is 23.5 Å². The summed E-state index contributed by atoms with van der Waals surface area (Å²) < 4.78 is 5.36. The fourth-order valence-electron chi connectivity index (χ4n) is 3.78. The van der Waals surface area contributed by atoms with E-state index < -0.39 is 4.84 Å². The van der Waals surface area contributed by atoms with E-state index in [2.05, 4.69) is 11.4 Å². The Labute approximate surface area is 153 Å². The smallest absolute Gasteiger partial charge is 0.224 e. The lowest BCUT2D eigenvalue weighted by molar-refractivity contribution is -0.908. The molecule has 0 bridgehead atoms. The molecule has 1 heterocycles. The lowest BCUT2D eigenvalue weighted by Gasteiger charge is -2.24. The summed E-state index contributed by atoms with van der Waals surface area (Å²) in [6.45, 7) is 5.60. The predicted octanol–water partition coefficient (Wildman–Crippen LogP) is 1.17. The molecule has 24 heavy (non-hydrogen) atoms. The molecule has 1 aliphatic carbocycles. The Morgan fingerprint density at radius 2 is 2.04 bits per heavy atom. The normalized spacial score (nSPS) is 24.1. The van der Waals surface area contributed by atoms with Crippen molar-refractivity contribution in [3.63, 3.8) is 0 Å². The number of rotatable bonds is 6. The fraction of sp³-hybridized carbons (Fsp3) is 0.611. The quantitative estimate of drug-likeness (QED) is 0.582. The van der Waals surface area contributed by atoms with Crippen molar-refractivity contribution >= 4 is 29.1 Å². The van der Waals surface area contributed by atoms with Crippen LogP contribution >= 0.6 is 23.2 Å². The summed E-state index contributed by atoms with van der Waals surface area (Å²) in [5, 5.41) is 3.08. The van der Waals surface area contributed by atoms with Gasteiger partial charge in [-0.25, -0.2) is 0 Å². The highest BCUT2D eigenvalue weighted by Crippen LogP contribution is 2.43. The van der Waals surface area contributed by atoms with Crippen molar-refractivity contribution in [1.82, 2.24) is 5.32 Å². The highest BCUT2D eigenvalue weighted by Gasteiger charge is 2.40. The van der Waals surface area contributed by atoms with Gasteiger partial charge in [-0.15, -0.1) is 23.2 Å². The molecule has 0 saturated carbocycles. The van der Waals surface area contributed by atoms with E-state index in [0.29, 0.717) is 6.54 Å². The summed E-state index contributed by atoms with van der Waals surface area (Å²) in [6.07, 6.45) is 1.70. The molecule has 1 amide bonds. The molecule has 1 aliphatic heterocycles. The van der Waals surface area contributed by atoms with Gasteiger partial charge in [0.1, 0.15) is 17.9 Å². The number of morpholine rings is 1. The van der Waals surface area contributed by atoms with Gasteiger partial charge in [0.15, 0.2) is 0 Å². The highest BCUT2D eigenvalue weighted by molar-refractivity contribution is 6.45. The Hall–Kier alpha value is -0.810. The molecule has 0 unspecified atom stereocenters. The van der Waals surface area contributed by atoms with Crippen LogP contribution in [-0.2, 0) is 16.0 Å². The Kier molecular flexibility index (Phi) is 6.39. The third-order valence-electron chi connectivity index (χ3n) is 5.10. The third-order valence-corrected chi connectivity index (χ3v) is 5.64. The van der Waals surface area contributed by atoms with Gasteiger partial charge in [0.05, 0.1) is 25.7 Å². The van der Waals surface area contributed by atoms with E-state index >= 15 is 0 Å². The number of carbonyl (C=O) groups excluding carboxylic acids is 1. The number of quaternary nitrogens is 1. The molecule has 0 aromatic heterocycles. The number of carbonyl (C=O) groups is 1. The van der Waals surface area contributed by atoms with Crippen LogP contribution in [0, 0.1) is 5.92 Å². The number of amides is 1. The molecule has 2 N–H and O–H groups in total. The van der Waals surface area contributed by atoms with E-state index in [1.54, 1.807) is 4.90 Å². The van der Waals surface area contributed by atoms with E-state index in [4.69, 9.17) is 27.9 Å². The lowest BCUT2D eigenvalue weighted by atomic mass is 9.93. The van der Waals surface area contributed by atoms with Gasteiger partial charge in [0, 0.05) is 18.9 Å². The van der Waals surface area contributed by atoms with Crippen LogP contribution in [0.5, 0.6) is 0 Å². The monoisotopic (exact) mass is 371 g/mol. The minimum atomic E-state index is -0.567. The molecule has 1 aromatic carbocycles. The second kappa shape index (κ2) is 8.52. The molecule has 1 aromatic rings. The molecule has 0 radical (unpaired) electrons. The van der Waals surface area contributed by atoms with E-state index in [9.17, 15) is 4.79 Å². The van der Waals surface area contributed by atoms with Crippen LogP contribution in [0.3, 0.4) is 0 Å². The van der Waals surface area contributed by atoms with Crippen LogP contribution in [0.4, 0.5) is 0 Å². The Bertz CT molecular complexity index is 562. The zero-order valence-electron chi connectivity index (χ0n) is 13.8. The molecular formula is C18H25Cl2N2O2+. The van der Waals surface area contributed by atoms with Gasteiger partial charge in [-0.1, -0.05) is 24.3 Å². The summed E-state index contributed by atoms with van der Waals surface area (Å²) >= 11 is 12.4. The summed E-state index contributed by atoms with van der Waals surface area (Å²) in [5.41, 5.74) is 2.30. The first-order chi connectivity index (χ1) is 11.7. The minimum Gasteiger partial charge on any atom is -0.370 e. The zero-order chi connectivity index (χ0) is 16.9. The van der Waals surface area contributed by atoms with E-state index in [1.807, 2.05) is 18.2 Å². The molecule has 3 rings (SSSR count). The zero-order valence-corrected chi connectivity index (χ0v) is 15.3. The number of alkyl halides is 2. The fourth-order valence-corrected chi connectivity index (χ4v) is 4.41. The number of ether oxygens (including phenoxy) is 1. The van der Waals surface area contributed by atoms with Crippen LogP contribution in [0.25, 0.3) is 0 Å². The van der Waals surface area contributed by atoms with Crippen LogP contribution in [-0.4, -0.2) is 50.1 Å². The molecule has 2 aliphatic rings. The minimum absolute atomic E-state index is 0.0690. The van der Waals surface area contributed by atoms with Crippen LogP contribution < -0.4 is 10.2 Å². The van der Waals surface area contributed by atoms with Crippen molar-refractivity contribution in [2.75, 3.05) is 39.4 Å². The van der Waals surface area contributed by atoms with E-state index in [0.717, 1.165) is 51.3 Å². The van der Waals surface area contributed by atoms with Crippen molar-refractivity contribution < 1.29 is 14.4 Å². The summed E-state index contributed by atoms with van der Waals surface area (Å²) in [4.78, 5) is 13.6. The highest BCUT2D eigenvalue weighted by atomic mass is 35.5. The van der Waals surface area contributed by atoms with Crippen molar-refractivity contribution in [2.24, 2.45) is 5.92 Å². The maximum Gasteiger partial charge on any atom is 0.224 e. The van der Waals surface area contributed by atoms with Crippen molar-refractivity contribution in [3.05, 3.63) is 35.4 Å². The molecule has 6 heteroatoms. The topological polar surface area (TPSA) is 42.8 Å². The van der Waals surface area contributed by atoms with Gasteiger partial charge >= 0.3 is 0 Å². The maximum absolute atomic E-state index is 12.6. The molecule has 132 valence electrons. The average Bonchev–Trinajstić information content (AvgIpc) is 2.99. The van der Waals surface area contributed by atoms with Gasteiger partial charge in [-0.05, 0) is 17.5 Å². The number of halogens is 2. The van der Waals surface area contributed by atoms with E-state index in [-0.39, 0.29) is 17.7 Å². The Morgan fingerprint density at radius 3 is 2.79 bits per heavy atom. The lowest BCUT2D eigenvalue weighted by Crippen LogP contribution is -3.14. The summed E-state index contributed by atoms with van der Waals surface area (Å²) in [6, 6.07) is 8.08. The first-order valence-corrected chi connectivity index (χ1v) is 9.59. The molecule has 1 saturated heterocycles.